The Morgan fingerprint density at radius 1 is 1.18 bits per heavy atom. The third-order valence-corrected chi connectivity index (χ3v) is 3.04. The maximum atomic E-state index is 10.7. The summed E-state index contributed by atoms with van der Waals surface area (Å²) < 4.78 is 0. The van der Waals surface area contributed by atoms with Crippen LogP contribution in [0.15, 0.2) is 42.5 Å². The monoisotopic (exact) mass is 244 g/mol. The summed E-state index contributed by atoms with van der Waals surface area (Å²) in [5.41, 5.74) is 4.03. The summed E-state index contributed by atoms with van der Waals surface area (Å²) in [4.78, 5) is 10.7. The smallest absolute Gasteiger partial charge is 0.150 e. The summed E-state index contributed by atoms with van der Waals surface area (Å²) >= 11 is 6.18. The summed E-state index contributed by atoms with van der Waals surface area (Å²) in [6.07, 6.45) is 1.61. The van der Waals surface area contributed by atoms with Crippen molar-refractivity contribution in [2.75, 3.05) is 0 Å². The zero-order valence-electron chi connectivity index (χ0n) is 9.61. The van der Waals surface area contributed by atoms with E-state index in [0.717, 1.165) is 34.4 Å². The van der Waals surface area contributed by atoms with Crippen molar-refractivity contribution in [1.29, 1.82) is 0 Å². The molecular weight excluding hydrogens is 232 g/mol. The average Bonchev–Trinajstić information content (AvgIpc) is 2.33. The van der Waals surface area contributed by atoms with Gasteiger partial charge >= 0.3 is 0 Å². The molecule has 1 nitrogen and oxygen atoms in total. The molecule has 0 N–H and O–H groups in total. The Hall–Kier alpha value is -1.60. The Balaban J connectivity index is 2.27. The van der Waals surface area contributed by atoms with Crippen molar-refractivity contribution in [3.63, 3.8) is 0 Å². The predicted octanol–water partition coefficient (Wildman–Crippen LogP) is 4.05. The number of rotatable bonds is 3. The minimum atomic E-state index is 0.700. The first-order chi connectivity index (χ1) is 8.19. The van der Waals surface area contributed by atoms with Crippen LogP contribution < -0.4 is 0 Å². The molecule has 0 bridgehead atoms. The van der Waals surface area contributed by atoms with Crippen LogP contribution in [0, 0.1) is 6.92 Å². The van der Waals surface area contributed by atoms with E-state index in [1.165, 1.54) is 0 Å². The van der Waals surface area contributed by atoms with Gasteiger partial charge in [-0.3, -0.25) is 4.79 Å². The summed E-state index contributed by atoms with van der Waals surface area (Å²) in [5.74, 6) is 0. The molecule has 17 heavy (non-hydrogen) atoms. The topological polar surface area (TPSA) is 17.1 Å². The van der Waals surface area contributed by atoms with E-state index in [1.54, 1.807) is 6.07 Å². The van der Waals surface area contributed by atoms with Crippen LogP contribution in [0.4, 0.5) is 0 Å². The van der Waals surface area contributed by atoms with E-state index in [9.17, 15) is 4.79 Å². The van der Waals surface area contributed by atoms with Crippen LogP contribution in [0.2, 0.25) is 5.02 Å². The summed E-state index contributed by atoms with van der Waals surface area (Å²) in [7, 11) is 0. The summed E-state index contributed by atoms with van der Waals surface area (Å²) in [6, 6.07) is 13.6. The molecule has 2 aromatic rings. The molecule has 0 fully saturated rings. The molecule has 0 amide bonds. The SMILES string of the molecule is Cc1ccc(Cc2cccc(C=O)c2)c(Cl)c1. The highest BCUT2D eigenvalue weighted by atomic mass is 35.5. The van der Waals surface area contributed by atoms with Crippen molar-refractivity contribution in [2.24, 2.45) is 0 Å². The number of aryl methyl sites for hydroxylation is 1. The lowest BCUT2D eigenvalue weighted by molar-refractivity contribution is 0.112. The van der Waals surface area contributed by atoms with Crippen LogP contribution in [0.25, 0.3) is 0 Å². The molecule has 2 heteroatoms. The Morgan fingerprint density at radius 2 is 2.00 bits per heavy atom. The molecule has 0 aliphatic heterocycles. The summed E-state index contributed by atoms with van der Waals surface area (Å²) in [5, 5.41) is 0.779. The number of benzene rings is 2. The van der Waals surface area contributed by atoms with E-state index in [0.29, 0.717) is 5.56 Å². The number of hydrogen-bond acceptors (Lipinski definition) is 1. The van der Waals surface area contributed by atoms with Gasteiger partial charge in [0.05, 0.1) is 0 Å². The standard InChI is InChI=1S/C15H13ClO/c1-11-5-6-14(15(16)7-11)9-12-3-2-4-13(8-12)10-17/h2-8,10H,9H2,1H3. The van der Waals surface area contributed by atoms with Crippen LogP contribution in [-0.2, 0) is 6.42 Å². The Kier molecular flexibility index (Phi) is 3.60. The highest BCUT2D eigenvalue weighted by Crippen LogP contribution is 2.21. The lowest BCUT2D eigenvalue weighted by Crippen LogP contribution is -1.91. The molecule has 86 valence electrons. The van der Waals surface area contributed by atoms with Gasteiger partial charge in [0, 0.05) is 10.6 Å². The average molecular weight is 245 g/mol. The maximum Gasteiger partial charge on any atom is 0.150 e. The number of carbonyl (C=O) groups excluding carboxylic acids is 1. The second kappa shape index (κ2) is 5.15. The number of aldehydes is 1. The van der Waals surface area contributed by atoms with Crippen molar-refractivity contribution >= 4 is 17.9 Å². The number of carbonyl (C=O) groups is 1. The molecule has 2 aromatic carbocycles. The number of halogens is 1. The molecule has 0 aromatic heterocycles. The fourth-order valence-corrected chi connectivity index (χ4v) is 2.09. The second-order valence-electron chi connectivity index (χ2n) is 4.13. The van der Waals surface area contributed by atoms with E-state index in [1.807, 2.05) is 43.3 Å². The lowest BCUT2D eigenvalue weighted by atomic mass is 10.0. The molecular formula is C15H13ClO. The lowest BCUT2D eigenvalue weighted by Gasteiger charge is -2.06. The van der Waals surface area contributed by atoms with Gasteiger partial charge in [-0.2, -0.15) is 0 Å². The van der Waals surface area contributed by atoms with Crippen molar-refractivity contribution in [2.45, 2.75) is 13.3 Å². The Bertz CT molecular complexity index is 546. The molecule has 0 spiro atoms. The molecule has 0 aliphatic carbocycles. The van der Waals surface area contributed by atoms with E-state index in [-0.39, 0.29) is 0 Å². The van der Waals surface area contributed by atoms with Gasteiger partial charge in [-0.25, -0.2) is 0 Å². The molecule has 0 atom stereocenters. The van der Waals surface area contributed by atoms with E-state index >= 15 is 0 Å². The molecule has 0 aliphatic rings. The highest BCUT2D eigenvalue weighted by molar-refractivity contribution is 6.31. The molecule has 0 radical (unpaired) electrons. The van der Waals surface area contributed by atoms with Gasteiger partial charge < -0.3 is 0 Å². The highest BCUT2D eigenvalue weighted by Gasteiger charge is 2.02. The predicted molar refractivity (Wildman–Crippen MR) is 70.8 cm³/mol. The molecule has 2 rings (SSSR count). The van der Waals surface area contributed by atoms with Gasteiger partial charge in [0.1, 0.15) is 6.29 Å². The summed E-state index contributed by atoms with van der Waals surface area (Å²) in [6.45, 7) is 2.02. The van der Waals surface area contributed by atoms with Crippen molar-refractivity contribution in [3.8, 4) is 0 Å². The number of hydrogen-bond donors (Lipinski definition) is 0. The zero-order chi connectivity index (χ0) is 12.3. The quantitative estimate of drug-likeness (QED) is 0.745. The molecule has 0 saturated carbocycles. The van der Waals surface area contributed by atoms with Gasteiger partial charge in [0.25, 0.3) is 0 Å². The minimum absolute atomic E-state index is 0.700. The van der Waals surface area contributed by atoms with E-state index in [2.05, 4.69) is 0 Å². The first kappa shape index (κ1) is 11.9. The van der Waals surface area contributed by atoms with Crippen LogP contribution in [0.3, 0.4) is 0 Å². The van der Waals surface area contributed by atoms with Gasteiger partial charge in [-0.1, -0.05) is 41.9 Å². The van der Waals surface area contributed by atoms with Gasteiger partial charge in [-0.15, -0.1) is 0 Å². The van der Waals surface area contributed by atoms with Crippen molar-refractivity contribution in [1.82, 2.24) is 0 Å². The maximum absolute atomic E-state index is 10.7. The van der Waals surface area contributed by atoms with Crippen molar-refractivity contribution < 1.29 is 4.79 Å². The largest absolute Gasteiger partial charge is 0.298 e. The van der Waals surface area contributed by atoms with E-state index in [4.69, 9.17) is 11.6 Å². The fourth-order valence-electron chi connectivity index (χ4n) is 1.79. The fraction of sp³-hybridized carbons (Fsp3) is 0.133. The van der Waals surface area contributed by atoms with Crippen LogP contribution >= 0.6 is 11.6 Å². The third-order valence-electron chi connectivity index (χ3n) is 2.69. The second-order valence-corrected chi connectivity index (χ2v) is 4.54. The Morgan fingerprint density at radius 3 is 2.71 bits per heavy atom. The third kappa shape index (κ3) is 2.95. The van der Waals surface area contributed by atoms with Gasteiger partial charge in [0.15, 0.2) is 0 Å². The molecule has 0 heterocycles. The normalized spacial score (nSPS) is 10.2. The first-order valence-electron chi connectivity index (χ1n) is 5.48. The minimum Gasteiger partial charge on any atom is -0.298 e. The zero-order valence-corrected chi connectivity index (χ0v) is 10.4. The van der Waals surface area contributed by atoms with Crippen molar-refractivity contribution in [3.05, 3.63) is 69.7 Å². The van der Waals surface area contributed by atoms with Crippen LogP contribution in [0.5, 0.6) is 0 Å². The van der Waals surface area contributed by atoms with Gasteiger partial charge in [0.2, 0.25) is 0 Å². The Labute approximate surface area is 106 Å². The molecule has 0 unspecified atom stereocenters. The van der Waals surface area contributed by atoms with Gasteiger partial charge in [-0.05, 0) is 42.2 Å². The molecule has 0 saturated heterocycles. The first-order valence-corrected chi connectivity index (χ1v) is 5.86. The van der Waals surface area contributed by atoms with Crippen LogP contribution in [0.1, 0.15) is 27.0 Å². The van der Waals surface area contributed by atoms with Crippen LogP contribution in [-0.4, -0.2) is 6.29 Å². The van der Waals surface area contributed by atoms with E-state index < -0.39 is 0 Å².